The van der Waals surface area contributed by atoms with Crippen molar-refractivity contribution in [3.63, 3.8) is 0 Å². The SMILES string of the molecule is Cc1cc(C)c(-c2cnc(NC(=O)c3cccc(CS(C)(=O)=O)c3)n2C)cc1C. The number of amides is 1. The van der Waals surface area contributed by atoms with Gasteiger partial charge in [-0.2, -0.15) is 0 Å². The molecule has 1 aromatic heterocycles. The molecule has 7 heteroatoms. The van der Waals surface area contributed by atoms with Crippen LogP contribution in [0.25, 0.3) is 11.3 Å². The van der Waals surface area contributed by atoms with Gasteiger partial charge in [-0.05, 0) is 61.2 Å². The topological polar surface area (TPSA) is 81.1 Å². The Bertz CT molecular complexity index is 1190. The molecule has 3 rings (SSSR count). The summed E-state index contributed by atoms with van der Waals surface area (Å²) < 4.78 is 24.9. The molecular formula is C22H25N3O3S. The Labute approximate surface area is 171 Å². The molecule has 152 valence electrons. The first kappa shape index (κ1) is 20.8. The minimum Gasteiger partial charge on any atom is -0.313 e. The second-order valence-electron chi connectivity index (χ2n) is 7.50. The summed E-state index contributed by atoms with van der Waals surface area (Å²) in [4.78, 5) is 17.0. The van der Waals surface area contributed by atoms with Gasteiger partial charge in [0.05, 0.1) is 17.6 Å². The Morgan fingerprint density at radius 3 is 2.45 bits per heavy atom. The van der Waals surface area contributed by atoms with Gasteiger partial charge in [0.2, 0.25) is 5.95 Å². The van der Waals surface area contributed by atoms with E-state index < -0.39 is 9.84 Å². The fourth-order valence-electron chi connectivity index (χ4n) is 3.29. The van der Waals surface area contributed by atoms with E-state index in [4.69, 9.17) is 0 Å². The van der Waals surface area contributed by atoms with E-state index in [-0.39, 0.29) is 11.7 Å². The Balaban J connectivity index is 1.86. The van der Waals surface area contributed by atoms with Crippen molar-refractivity contribution in [3.05, 3.63) is 70.4 Å². The van der Waals surface area contributed by atoms with Crippen LogP contribution in [0.5, 0.6) is 0 Å². The number of rotatable bonds is 5. The molecule has 0 aliphatic heterocycles. The number of benzene rings is 2. The van der Waals surface area contributed by atoms with Gasteiger partial charge < -0.3 is 4.57 Å². The van der Waals surface area contributed by atoms with Crippen LogP contribution in [0.2, 0.25) is 0 Å². The molecule has 0 aliphatic rings. The fraction of sp³-hybridized carbons (Fsp3) is 0.273. The van der Waals surface area contributed by atoms with E-state index in [1.165, 1.54) is 17.4 Å². The lowest BCUT2D eigenvalue weighted by Gasteiger charge is -2.12. The number of nitrogens with one attached hydrogen (secondary N) is 1. The number of carbonyl (C=O) groups excluding carboxylic acids is 1. The van der Waals surface area contributed by atoms with Crippen LogP contribution in [0.1, 0.15) is 32.6 Å². The third-order valence-electron chi connectivity index (χ3n) is 4.95. The van der Waals surface area contributed by atoms with Crippen molar-refractivity contribution in [3.8, 4) is 11.3 Å². The largest absolute Gasteiger partial charge is 0.313 e. The molecule has 0 saturated carbocycles. The van der Waals surface area contributed by atoms with E-state index in [0.29, 0.717) is 17.1 Å². The lowest BCUT2D eigenvalue weighted by molar-refractivity contribution is 0.102. The number of aromatic nitrogens is 2. The van der Waals surface area contributed by atoms with Crippen LogP contribution in [0.4, 0.5) is 5.95 Å². The van der Waals surface area contributed by atoms with E-state index in [0.717, 1.165) is 16.8 Å². The summed E-state index contributed by atoms with van der Waals surface area (Å²) in [6.07, 6.45) is 2.91. The lowest BCUT2D eigenvalue weighted by atomic mass is 9.99. The molecule has 1 heterocycles. The molecule has 0 fully saturated rings. The average molecular weight is 412 g/mol. The Morgan fingerprint density at radius 2 is 1.76 bits per heavy atom. The van der Waals surface area contributed by atoms with Crippen LogP contribution in [-0.4, -0.2) is 30.1 Å². The van der Waals surface area contributed by atoms with Gasteiger partial charge in [0.1, 0.15) is 0 Å². The number of nitrogens with zero attached hydrogens (tertiary/aromatic N) is 2. The highest BCUT2D eigenvalue weighted by Gasteiger charge is 2.15. The molecule has 6 nitrogen and oxygen atoms in total. The quantitative estimate of drug-likeness (QED) is 0.692. The third-order valence-corrected chi connectivity index (χ3v) is 5.81. The van der Waals surface area contributed by atoms with Crippen LogP contribution in [0.3, 0.4) is 0 Å². The summed E-state index contributed by atoms with van der Waals surface area (Å²) in [5.74, 6) is -0.0132. The Kier molecular flexibility index (Phi) is 5.61. The molecule has 0 atom stereocenters. The molecule has 0 unspecified atom stereocenters. The van der Waals surface area contributed by atoms with Crippen molar-refractivity contribution in [2.75, 3.05) is 11.6 Å². The van der Waals surface area contributed by atoms with Gasteiger partial charge in [-0.1, -0.05) is 18.2 Å². The molecule has 1 N–H and O–H groups in total. The highest BCUT2D eigenvalue weighted by atomic mass is 32.2. The van der Waals surface area contributed by atoms with Crippen LogP contribution in [0, 0.1) is 20.8 Å². The van der Waals surface area contributed by atoms with Crippen molar-refractivity contribution in [2.45, 2.75) is 26.5 Å². The van der Waals surface area contributed by atoms with Gasteiger partial charge in [-0.25, -0.2) is 13.4 Å². The molecule has 29 heavy (non-hydrogen) atoms. The maximum Gasteiger partial charge on any atom is 0.257 e. The maximum atomic E-state index is 12.7. The molecule has 0 bridgehead atoms. The molecule has 3 aromatic rings. The normalized spacial score (nSPS) is 11.5. The van der Waals surface area contributed by atoms with E-state index in [2.05, 4.69) is 43.2 Å². The monoisotopic (exact) mass is 411 g/mol. The number of hydrogen-bond acceptors (Lipinski definition) is 4. The molecule has 2 aromatic carbocycles. The van der Waals surface area contributed by atoms with Crippen molar-refractivity contribution in [1.82, 2.24) is 9.55 Å². The Hall–Kier alpha value is -2.93. The predicted molar refractivity (Wildman–Crippen MR) is 116 cm³/mol. The molecule has 0 saturated heterocycles. The first-order valence-corrected chi connectivity index (χ1v) is 11.3. The van der Waals surface area contributed by atoms with E-state index in [1.54, 1.807) is 30.5 Å². The zero-order valence-corrected chi connectivity index (χ0v) is 18.1. The van der Waals surface area contributed by atoms with Gasteiger partial charge in [0, 0.05) is 24.4 Å². The van der Waals surface area contributed by atoms with Crippen molar-refractivity contribution < 1.29 is 13.2 Å². The maximum absolute atomic E-state index is 12.7. The number of aryl methyl sites for hydroxylation is 3. The molecule has 0 radical (unpaired) electrons. The average Bonchev–Trinajstić information content (AvgIpc) is 2.97. The van der Waals surface area contributed by atoms with E-state index in [9.17, 15) is 13.2 Å². The zero-order valence-electron chi connectivity index (χ0n) is 17.3. The van der Waals surface area contributed by atoms with Crippen molar-refractivity contribution >= 4 is 21.7 Å². The highest BCUT2D eigenvalue weighted by molar-refractivity contribution is 7.89. The molecule has 0 aliphatic carbocycles. The first-order chi connectivity index (χ1) is 13.5. The number of sulfone groups is 1. The summed E-state index contributed by atoms with van der Waals surface area (Å²) in [5.41, 5.74) is 6.51. The van der Waals surface area contributed by atoms with E-state index >= 15 is 0 Å². The Morgan fingerprint density at radius 1 is 1.07 bits per heavy atom. The summed E-state index contributed by atoms with van der Waals surface area (Å²) >= 11 is 0. The van der Waals surface area contributed by atoms with Gasteiger partial charge in [-0.3, -0.25) is 10.1 Å². The van der Waals surface area contributed by atoms with Crippen LogP contribution < -0.4 is 5.32 Å². The number of carbonyl (C=O) groups is 1. The minimum atomic E-state index is -3.17. The van der Waals surface area contributed by atoms with Crippen LogP contribution in [0.15, 0.2) is 42.6 Å². The number of hydrogen-bond donors (Lipinski definition) is 1. The summed E-state index contributed by atoms with van der Waals surface area (Å²) in [5, 5.41) is 2.82. The van der Waals surface area contributed by atoms with E-state index in [1.807, 2.05) is 11.6 Å². The minimum absolute atomic E-state index is 0.104. The smallest absolute Gasteiger partial charge is 0.257 e. The molecule has 1 amide bonds. The number of imidazole rings is 1. The summed E-state index contributed by atoms with van der Waals surface area (Å²) in [7, 11) is -1.32. The van der Waals surface area contributed by atoms with Crippen molar-refractivity contribution in [2.24, 2.45) is 7.05 Å². The zero-order chi connectivity index (χ0) is 21.3. The first-order valence-electron chi connectivity index (χ1n) is 9.23. The highest BCUT2D eigenvalue weighted by Crippen LogP contribution is 2.28. The van der Waals surface area contributed by atoms with Crippen LogP contribution >= 0.6 is 0 Å². The second kappa shape index (κ2) is 7.83. The summed E-state index contributed by atoms with van der Waals surface area (Å²) in [6, 6.07) is 10.9. The standard InChI is InChI=1S/C22H25N3O3S/c1-14-9-16(3)19(10-15(14)2)20-12-23-22(25(20)4)24-21(26)18-8-6-7-17(11-18)13-29(5,27)28/h6-12H,13H2,1-5H3,(H,23,24,26). The predicted octanol–water partition coefficient (Wildman–Crippen LogP) is 3.81. The molecule has 0 spiro atoms. The summed E-state index contributed by atoms with van der Waals surface area (Å²) in [6.45, 7) is 6.21. The van der Waals surface area contributed by atoms with Crippen LogP contribution in [-0.2, 0) is 22.6 Å². The van der Waals surface area contributed by atoms with Gasteiger partial charge in [0.15, 0.2) is 9.84 Å². The number of anilines is 1. The van der Waals surface area contributed by atoms with Gasteiger partial charge >= 0.3 is 0 Å². The van der Waals surface area contributed by atoms with Gasteiger partial charge in [0.25, 0.3) is 5.91 Å². The fourth-order valence-corrected chi connectivity index (χ4v) is 4.08. The van der Waals surface area contributed by atoms with Crippen molar-refractivity contribution in [1.29, 1.82) is 0 Å². The van der Waals surface area contributed by atoms with Gasteiger partial charge in [-0.15, -0.1) is 0 Å². The molecular weight excluding hydrogens is 386 g/mol. The lowest BCUT2D eigenvalue weighted by Crippen LogP contribution is -2.15. The third kappa shape index (κ3) is 4.74. The second-order valence-corrected chi connectivity index (χ2v) is 9.64.